The average Bonchev–Trinajstić information content (AvgIpc) is 3.51. The molecule has 0 aliphatic heterocycles. The number of nitrogens with one attached hydrogen (secondary N) is 1. The van der Waals surface area contributed by atoms with Crippen molar-refractivity contribution in [3.05, 3.63) is 82.8 Å². The van der Waals surface area contributed by atoms with E-state index in [1.165, 1.54) is 4.52 Å². The SMILES string of the molecule is CCOc1c(C(C)NC(=O)c2c(N)nn3cccnc23)cc(Cl)c2cn(Cc3ccccc3)nc12.O=C(O)C(F)(F)F. The van der Waals surface area contributed by atoms with Gasteiger partial charge in [0.15, 0.2) is 17.2 Å². The minimum Gasteiger partial charge on any atom is -0.491 e. The number of halogens is 4. The number of carbonyl (C=O) groups is 2. The van der Waals surface area contributed by atoms with E-state index in [4.69, 9.17) is 37.1 Å². The molecule has 42 heavy (non-hydrogen) atoms. The molecule has 0 saturated heterocycles. The highest BCUT2D eigenvalue weighted by molar-refractivity contribution is 6.35. The molecule has 1 unspecified atom stereocenters. The maximum atomic E-state index is 13.2. The summed E-state index contributed by atoms with van der Waals surface area (Å²) in [6.45, 7) is 4.79. The van der Waals surface area contributed by atoms with Crippen molar-refractivity contribution < 1.29 is 32.6 Å². The summed E-state index contributed by atoms with van der Waals surface area (Å²) in [5, 5.41) is 20.3. The molecular formula is C27H25ClF3N7O4. The van der Waals surface area contributed by atoms with Crippen molar-refractivity contribution in [2.24, 2.45) is 0 Å². The number of hydrogen-bond acceptors (Lipinski definition) is 7. The van der Waals surface area contributed by atoms with Gasteiger partial charge in [-0.25, -0.2) is 14.3 Å². The third-order valence-electron chi connectivity index (χ3n) is 5.96. The first kappa shape index (κ1) is 30.1. The van der Waals surface area contributed by atoms with E-state index in [0.717, 1.165) is 10.9 Å². The highest BCUT2D eigenvalue weighted by Crippen LogP contribution is 2.38. The minimum atomic E-state index is -5.08. The Bertz CT molecular complexity index is 1740. The van der Waals surface area contributed by atoms with Gasteiger partial charge in [0.25, 0.3) is 5.91 Å². The number of anilines is 1. The Kier molecular flexibility index (Phi) is 8.85. The van der Waals surface area contributed by atoms with Crippen LogP contribution in [-0.2, 0) is 11.3 Å². The number of aromatic nitrogens is 5. The van der Waals surface area contributed by atoms with Crippen LogP contribution in [0.4, 0.5) is 19.0 Å². The molecule has 0 fully saturated rings. The number of nitrogens with zero attached hydrogens (tertiary/aromatic N) is 5. The number of carboxylic acid groups (broad SMARTS) is 1. The molecule has 15 heteroatoms. The lowest BCUT2D eigenvalue weighted by atomic mass is 10.0. The Morgan fingerprint density at radius 2 is 1.88 bits per heavy atom. The fraction of sp³-hybridized carbons (Fsp3) is 0.222. The largest absolute Gasteiger partial charge is 0.491 e. The quantitative estimate of drug-likeness (QED) is 0.238. The van der Waals surface area contributed by atoms with E-state index in [9.17, 15) is 18.0 Å². The number of carboxylic acids is 1. The summed E-state index contributed by atoms with van der Waals surface area (Å²) in [5.41, 5.74) is 9.10. The molecule has 11 nitrogen and oxygen atoms in total. The predicted octanol–water partition coefficient (Wildman–Crippen LogP) is 4.89. The molecule has 3 heterocycles. The molecule has 5 rings (SSSR count). The Labute approximate surface area is 241 Å². The Balaban J connectivity index is 0.000000517. The van der Waals surface area contributed by atoms with Crippen LogP contribution in [0.15, 0.2) is 61.1 Å². The monoisotopic (exact) mass is 603 g/mol. The highest BCUT2D eigenvalue weighted by Gasteiger charge is 2.38. The van der Waals surface area contributed by atoms with E-state index in [-0.39, 0.29) is 11.4 Å². The van der Waals surface area contributed by atoms with Gasteiger partial charge in [-0.1, -0.05) is 41.9 Å². The molecule has 2 aromatic carbocycles. The molecule has 0 saturated carbocycles. The second-order valence-electron chi connectivity index (χ2n) is 8.93. The third kappa shape index (κ3) is 6.54. The summed E-state index contributed by atoms with van der Waals surface area (Å²) in [6.07, 6.45) is 0.0977. The van der Waals surface area contributed by atoms with Crippen LogP contribution in [0.5, 0.6) is 5.75 Å². The Hall–Kier alpha value is -4.85. The molecule has 1 atom stereocenters. The topological polar surface area (TPSA) is 150 Å². The number of rotatable bonds is 7. The lowest BCUT2D eigenvalue weighted by molar-refractivity contribution is -0.192. The fourth-order valence-corrected chi connectivity index (χ4v) is 4.37. The first-order valence-corrected chi connectivity index (χ1v) is 12.8. The van der Waals surface area contributed by atoms with Gasteiger partial charge in [-0.05, 0) is 31.5 Å². The van der Waals surface area contributed by atoms with Crippen molar-refractivity contribution in [3.63, 3.8) is 0 Å². The van der Waals surface area contributed by atoms with Crippen molar-refractivity contribution >= 4 is 45.8 Å². The zero-order valence-corrected chi connectivity index (χ0v) is 23.0. The van der Waals surface area contributed by atoms with Gasteiger partial charge in [-0.15, -0.1) is 5.10 Å². The lowest BCUT2D eigenvalue weighted by Gasteiger charge is -2.19. The van der Waals surface area contributed by atoms with Gasteiger partial charge in [-0.3, -0.25) is 9.48 Å². The molecule has 3 aromatic heterocycles. The maximum absolute atomic E-state index is 13.2. The van der Waals surface area contributed by atoms with Crippen LogP contribution in [0.25, 0.3) is 16.6 Å². The average molecular weight is 604 g/mol. The zero-order valence-electron chi connectivity index (χ0n) is 22.3. The van der Waals surface area contributed by atoms with Gasteiger partial charge >= 0.3 is 12.1 Å². The van der Waals surface area contributed by atoms with E-state index in [0.29, 0.717) is 40.7 Å². The number of fused-ring (bicyclic) bond motifs is 2. The van der Waals surface area contributed by atoms with Crippen molar-refractivity contribution in [3.8, 4) is 5.75 Å². The third-order valence-corrected chi connectivity index (χ3v) is 6.27. The van der Waals surface area contributed by atoms with E-state index in [1.807, 2.05) is 61.1 Å². The fourth-order valence-electron chi connectivity index (χ4n) is 4.12. The van der Waals surface area contributed by atoms with Crippen LogP contribution in [-0.4, -0.2) is 54.1 Å². The van der Waals surface area contributed by atoms with Gasteiger partial charge in [0.05, 0.1) is 24.2 Å². The molecule has 4 N–H and O–H groups in total. The van der Waals surface area contributed by atoms with E-state index in [2.05, 4.69) is 15.4 Å². The molecule has 0 spiro atoms. The van der Waals surface area contributed by atoms with Crippen LogP contribution in [0.2, 0.25) is 5.02 Å². The minimum absolute atomic E-state index is 0.103. The number of nitrogen functional groups attached to an aromatic ring is 1. The Morgan fingerprint density at radius 1 is 1.19 bits per heavy atom. The van der Waals surface area contributed by atoms with Crippen LogP contribution < -0.4 is 15.8 Å². The first-order chi connectivity index (χ1) is 19.9. The van der Waals surface area contributed by atoms with E-state index >= 15 is 0 Å². The number of amides is 1. The van der Waals surface area contributed by atoms with Crippen molar-refractivity contribution in [1.82, 2.24) is 29.7 Å². The van der Waals surface area contributed by atoms with Crippen LogP contribution >= 0.6 is 11.6 Å². The van der Waals surface area contributed by atoms with Gasteiger partial charge in [0.1, 0.15) is 11.1 Å². The standard InChI is InChI=1S/C25H24ClN7O2.C2HF3O2/c1-3-35-22-17(15(2)29-25(34)20-23(27)31-33-11-7-10-28-24(20)33)12-19(26)18-14-32(30-21(18)22)13-16-8-5-4-6-9-16;3-2(4,5)1(6)7/h4-12,14-15H,3,13H2,1-2H3,(H2,27,31)(H,29,34);(H,6,7). The predicted molar refractivity (Wildman–Crippen MR) is 148 cm³/mol. The van der Waals surface area contributed by atoms with E-state index in [1.54, 1.807) is 18.5 Å². The van der Waals surface area contributed by atoms with Gasteiger partial charge in [0, 0.05) is 29.5 Å². The number of alkyl halides is 3. The number of ether oxygens (including phenoxy) is 1. The van der Waals surface area contributed by atoms with Crippen LogP contribution in [0.1, 0.15) is 41.4 Å². The Morgan fingerprint density at radius 3 is 2.52 bits per heavy atom. The van der Waals surface area contributed by atoms with Gasteiger partial charge < -0.3 is 20.9 Å². The number of aliphatic carboxylic acids is 1. The van der Waals surface area contributed by atoms with Gasteiger partial charge in [-0.2, -0.15) is 18.3 Å². The number of hydrogen-bond donors (Lipinski definition) is 3. The zero-order chi connectivity index (χ0) is 30.6. The number of nitrogens with two attached hydrogens (primary N) is 1. The second kappa shape index (κ2) is 12.3. The summed E-state index contributed by atoms with van der Waals surface area (Å²) < 4.78 is 41.1. The molecule has 0 aliphatic carbocycles. The summed E-state index contributed by atoms with van der Waals surface area (Å²) in [5.74, 6) is -2.46. The van der Waals surface area contributed by atoms with Gasteiger partial charge in [0.2, 0.25) is 0 Å². The molecule has 0 radical (unpaired) electrons. The van der Waals surface area contributed by atoms with Crippen LogP contribution in [0.3, 0.4) is 0 Å². The summed E-state index contributed by atoms with van der Waals surface area (Å²) in [7, 11) is 0. The number of benzene rings is 2. The first-order valence-electron chi connectivity index (χ1n) is 12.5. The highest BCUT2D eigenvalue weighted by atomic mass is 35.5. The van der Waals surface area contributed by atoms with E-state index < -0.39 is 24.1 Å². The molecule has 1 amide bonds. The molecule has 0 bridgehead atoms. The normalized spacial score (nSPS) is 12.0. The lowest BCUT2D eigenvalue weighted by Crippen LogP contribution is -2.27. The van der Waals surface area contributed by atoms with Crippen molar-refractivity contribution in [2.45, 2.75) is 32.6 Å². The maximum Gasteiger partial charge on any atom is 0.490 e. The van der Waals surface area contributed by atoms with Crippen molar-refractivity contribution in [1.29, 1.82) is 0 Å². The molecule has 0 aliphatic rings. The summed E-state index contributed by atoms with van der Waals surface area (Å²) >= 11 is 6.67. The molecular weight excluding hydrogens is 579 g/mol. The number of carbonyl (C=O) groups excluding carboxylic acids is 1. The van der Waals surface area contributed by atoms with Crippen molar-refractivity contribution in [2.75, 3.05) is 12.3 Å². The summed E-state index contributed by atoms with van der Waals surface area (Å²) in [4.78, 5) is 26.3. The smallest absolute Gasteiger partial charge is 0.490 e. The van der Waals surface area contributed by atoms with Crippen LogP contribution in [0, 0.1) is 0 Å². The second-order valence-corrected chi connectivity index (χ2v) is 9.34. The molecule has 220 valence electrons. The molecule has 5 aromatic rings. The summed E-state index contributed by atoms with van der Waals surface area (Å²) in [6, 6.07) is 13.1.